The van der Waals surface area contributed by atoms with Crippen molar-refractivity contribution >= 4 is 40.2 Å². The van der Waals surface area contributed by atoms with Crippen molar-refractivity contribution in [3.8, 4) is 0 Å². The van der Waals surface area contributed by atoms with Crippen LogP contribution in [0, 0.1) is 0 Å². The number of nitrogens with zero attached hydrogens (tertiary/aromatic N) is 4. The first-order chi connectivity index (χ1) is 16.5. The number of carbonyl (C=O) groups is 2. The summed E-state index contributed by atoms with van der Waals surface area (Å²) in [5, 5.41) is 5.47. The molecule has 3 aromatic rings. The van der Waals surface area contributed by atoms with Crippen LogP contribution in [0.25, 0.3) is 10.9 Å². The Balaban J connectivity index is 1.26. The minimum absolute atomic E-state index is 0.0350. The fourth-order valence-electron chi connectivity index (χ4n) is 5.81. The zero-order chi connectivity index (χ0) is 23.4. The van der Waals surface area contributed by atoms with E-state index in [1.807, 2.05) is 28.0 Å². The smallest absolute Gasteiger partial charge is 0.276 e. The number of fused-ring (bicyclic) bond motifs is 4. The molecule has 0 saturated carbocycles. The number of rotatable bonds is 2. The average molecular weight is 480 g/mol. The van der Waals surface area contributed by atoms with Gasteiger partial charge in [0.15, 0.2) is 5.69 Å². The van der Waals surface area contributed by atoms with Gasteiger partial charge in [-0.1, -0.05) is 22.8 Å². The van der Waals surface area contributed by atoms with Crippen molar-refractivity contribution in [1.29, 1.82) is 0 Å². The van der Waals surface area contributed by atoms with Crippen molar-refractivity contribution in [2.45, 2.75) is 57.0 Å². The van der Waals surface area contributed by atoms with E-state index in [1.54, 1.807) is 0 Å². The lowest BCUT2D eigenvalue weighted by Crippen LogP contribution is -2.63. The first-order valence-electron chi connectivity index (χ1n) is 11.9. The molecule has 2 N–H and O–H groups in total. The predicted molar refractivity (Wildman–Crippen MR) is 128 cm³/mol. The summed E-state index contributed by atoms with van der Waals surface area (Å²) in [5.41, 5.74) is 9.42. The van der Waals surface area contributed by atoms with E-state index in [4.69, 9.17) is 26.8 Å². The Bertz CT molecular complexity index is 1290. The molecule has 2 saturated heterocycles. The first-order valence-corrected chi connectivity index (χ1v) is 12.3. The highest BCUT2D eigenvalue weighted by Crippen LogP contribution is 2.34. The molecule has 2 aliphatic heterocycles. The number of pyridine rings is 1. The summed E-state index contributed by atoms with van der Waals surface area (Å²) in [5.74, 6) is -0.0996. The summed E-state index contributed by atoms with van der Waals surface area (Å²) in [6.45, 7) is 0.982. The van der Waals surface area contributed by atoms with Crippen LogP contribution in [0.2, 0.25) is 5.02 Å². The zero-order valence-electron chi connectivity index (χ0n) is 18.8. The third-order valence-corrected chi connectivity index (χ3v) is 7.86. The number of aryl methyl sites for hydroxylation is 1. The van der Waals surface area contributed by atoms with E-state index in [1.165, 1.54) is 6.07 Å². The van der Waals surface area contributed by atoms with Crippen LogP contribution in [0.15, 0.2) is 28.8 Å². The number of piperazine rings is 1. The van der Waals surface area contributed by atoms with Crippen molar-refractivity contribution in [3.05, 3.63) is 51.8 Å². The van der Waals surface area contributed by atoms with Gasteiger partial charge in [0, 0.05) is 35.8 Å². The number of hydrogen-bond acceptors (Lipinski definition) is 6. The second-order valence-electron chi connectivity index (χ2n) is 9.57. The van der Waals surface area contributed by atoms with Gasteiger partial charge in [-0.2, -0.15) is 0 Å². The summed E-state index contributed by atoms with van der Waals surface area (Å²) in [7, 11) is 0. The lowest BCUT2D eigenvalue weighted by Gasteiger charge is -2.49. The Hall–Kier alpha value is -3.13. The fourth-order valence-corrected chi connectivity index (χ4v) is 6.17. The van der Waals surface area contributed by atoms with Gasteiger partial charge in [-0.15, -0.1) is 0 Å². The van der Waals surface area contributed by atoms with Gasteiger partial charge in [-0.25, -0.2) is 0 Å². The highest BCUT2D eigenvalue weighted by Gasteiger charge is 2.42. The number of anilines is 1. The molecular weight excluding hydrogens is 454 g/mol. The Morgan fingerprint density at radius 2 is 1.79 bits per heavy atom. The number of amides is 2. The largest absolute Gasteiger partial charge is 0.368 e. The molecule has 4 heterocycles. The van der Waals surface area contributed by atoms with E-state index in [0.29, 0.717) is 18.7 Å². The quantitative estimate of drug-likeness (QED) is 0.598. The molecule has 2 atom stereocenters. The number of piperidine rings is 1. The van der Waals surface area contributed by atoms with Gasteiger partial charge in [0.25, 0.3) is 11.8 Å². The Labute approximate surface area is 202 Å². The zero-order valence-corrected chi connectivity index (χ0v) is 19.6. The molecule has 2 bridgehead atoms. The molecule has 6 rings (SSSR count). The maximum absolute atomic E-state index is 13.5. The Morgan fingerprint density at radius 1 is 1.03 bits per heavy atom. The molecule has 34 heavy (non-hydrogen) atoms. The topological polar surface area (TPSA) is 106 Å². The van der Waals surface area contributed by atoms with Crippen LogP contribution in [-0.4, -0.2) is 56.9 Å². The standard InChI is InChI=1S/C25H26ClN5O3/c26-23-17-6-1-2-7-19(17)28-20-10-14(8-9-18(20)23)24(32)30-12-15-4-3-5-16(13-30)31(15)25(33)21-11-22(27)34-29-21/h8-11,15-16H,1-7,12-13,27H2. The highest BCUT2D eigenvalue weighted by molar-refractivity contribution is 6.36. The van der Waals surface area contributed by atoms with Crippen LogP contribution in [-0.2, 0) is 12.8 Å². The van der Waals surface area contributed by atoms with Gasteiger partial charge < -0.3 is 20.1 Å². The monoisotopic (exact) mass is 479 g/mol. The van der Waals surface area contributed by atoms with E-state index in [9.17, 15) is 9.59 Å². The molecule has 1 aliphatic carbocycles. The second-order valence-corrected chi connectivity index (χ2v) is 9.94. The maximum Gasteiger partial charge on any atom is 0.276 e. The highest BCUT2D eigenvalue weighted by atomic mass is 35.5. The van der Waals surface area contributed by atoms with Crippen LogP contribution >= 0.6 is 11.6 Å². The van der Waals surface area contributed by atoms with E-state index in [0.717, 1.165) is 72.1 Å². The summed E-state index contributed by atoms with van der Waals surface area (Å²) in [6, 6.07) is 6.98. The van der Waals surface area contributed by atoms with E-state index in [2.05, 4.69) is 5.16 Å². The van der Waals surface area contributed by atoms with Crippen molar-refractivity contribution in [2.24, 2.45) is 0 Å². The second kappa shape index (κ2) is 8.27. The number of carbonyl (C=O) groups excluding carboxylic acids is 2. The number of nitrogen functional groups attached to an aromatic ring is 1. The molecular formula is C25H26ClN5O3. The Kier molecular flexibility index (Phi) is 5.21. The lowest BCUT2D eigenvalue weighted by atomic mass is 9.90. The number of benzene rings is 1. The Morgan fingerprint density at radius 3 is 2.53 bits per heavy atom. The summed E-state index contributed by atoms with van der Waals surface area (Å²) < 4.78 is 4.89. The minimum Gasteiger partial charge on any atom is -0.368 e. The SMILES string of the molecule is Nc1cc(C(=O)N2C3CCCC2CN(C(=O)c2ccc4c(Cl)c5c(nc4c2)CCCC5)C3)no1. The van der Waals surface area contributed by atoms with Gasteiger partial charge in [0.05, 0.1) is 22.6 Å². The number of nitrogens with two attached hydrogens (primary N) is 1. The lowest BCUT2D eigenvalue weighted by molar-refractivity contribution is 0.000467. The molecule has 9 heteroatoms. The average Bonchev–Trinajstić information content (AvgIpc) is 3.28. The number of hydrogen-bond donors (Lipinski definition) is 1. The van der Waals surface area contributed by atoms with E-state index < -0.39 is 0 Å². The molecule has 8 nitrogen and oxygen atoms in total. The molecule has 2 aromatic heterocycles. The van der Waals surface area contributed by atoms with Gasteiger partial charge in [0.1, 0.15) is 0 Å². The first kappa shape index (κ1) is 21.4. The van der Waals surface area contributed by atoms with Gasteiger partial charge in [0.2, 0.25) is 5.88 Å². The minimum atomic E-state index is -0.184. The summed E-state index contributed by atoms with van der Waals surface area (Å²) >= 11 is 6.71. The van der Waals surface area contributed by atoms with Gasteiger partial charge in [-0.3, -0.25) is 14.6 Å². The van der Waals surface area contributed by atoms with E-state index >= 15 is 0 Å². The van der Waals surface area contributed by atoms with Gasteiger partial charge in [-0.05, 0) is 62.6 Å². The van der Waals surface area contributed by atoms with Crippen molar-refractivity contribution < 1.29 is 14.1 Å². The molecule has 0 radical (unpaired) electrons. The van der Waals surface area contributed by atoms with Crippen molar-refractivity contribution in [1.82, 2.24) is 19.9 Å². The third-order valence-electron chi connectivity index (χ3n) is 7.43. The van der Waals surface area contributed by atoms with Crippen molar-refractivity contribution in [3.63, 3.8) is 0 Å². The molecule has 0 spiro atoms. The number of halogens is 1. The molecule has 176 valence electrons. The van der Waals surface area contributed by atoms with Crippen LogP contribution in [0.4, 0.5) is 5.88 Å². The molecule has 2 amide bonds. The number of aromatic nitrogens is 2. The molecule has 1 aromatic carbocycles. The third kappa shape index (κ3) is 3.52. The molecule has 2 unspecified atom stereocenters. The van der Waals surface area contributed by atoms with Crippen molar-refractivity contribution in [2.75, 3.05) is 18.8 Å². The molecule has 2 fully saturated rings. The summed E-state index contributed by atoms with van der Waals surface area (Å²) in [4.78, 5) is 35.2. The fraction of sp³-hybridized carbons (Fsp3) is 0.440. The molecule has 3 aliphatic rings. The van der Waals surface area contributed by atoms with Crippen LogP contribution in [0.3, 0.4) is 0 Å². The normalized spacial score (nSPS) is 22.0. The number of likely N-dealkylation sites (tertiary alicyclic amines) is 1. The van der Waals surface area contributed by atoms with Crippen LogP contribution < -0.4 is 5.73 Å². The van der Waals surface area contributed by atoms with Crippen LogP contribution in [0.1, 0.15) is 64.2 Å². The van der Waals surface area contributed by atoms with E-state index in [-0.39, 0.29) is 35.5 Å². The van der Waals surface area contributed by atoms with Gasteiger partial charge >= 0.3 is 0 Å². The summed E-state index contributed by atoms with van der Waals surface area (Å²) in [6.07, 6.45) is 6.88. The maximum atomic E-state index is 13.5. The predicted octanol–water partition coefficient (Wildman–Crippen LogP) is 3.86. The van der Waals surface area contributed by atoms with Crippen LogP contribution in [0.5, 0.6) is 0 Å².